The summed E-state index contributed by atoms with van der Waals surface area (Å²) in [6.45, 7) is 0.442. The van der Waals surface area contributed by atoms with Crippen molar-refractivity contribution in [3.05, 3.63) is 144 Å². The first-order valence-electron chi connectivity index (χ1n) is 17.4. The second kappa shape index (κ2) is 16.5. The predicted molar refractivity (Wildman–Crippen MR) is 200 cm³/mol. The largest absolute Gasteiger partial charge is 0.497 e. The van der Waals surface area contributed by atoms with Crippen molar-refractivity contribution in [3.63, 3.8) is 0 Å². The molecule has 6 aromatic rings. The predicted octanol–water partition coefficient (Wildman–Crippen LogP) is 5.39. The van der Waals surface area contributed by atoms with Gasteiger partial charge >= 0.3 is 0 Å². The number of carbonyl (C=O) groups is 1. The van der Waals surface area contributed by atoms with Crippen LogP contribution in [0.5, 0.6) is 11.5 Å². The number of nitrogens with zero attached hydrogens (tertiary/aromatic N) is 4. The fourth-order valence-electron chi connectivity index (χ4n) is 6.71. The van der Waals surface area contributed by atoms with Crippen LogP contribution in [0.2, 0.25) is 0 Å². The number of aliphatic hydroxyl groups excluding tert-OH is 1. The number of methoxy groups -OCH3 is 3. The number of anilines is 1. The highest BCUT2D eigenvalue weighted by Crippen LogP contribution is 2.43. The molecule has 1 saturated heterocycles. The second-order valence-electron chi connectivity index (χ2n) is 12.6. The molecule has 2 aromatic heterocycles. The quantitative estimate of drug-likeness (QED) is 0.103. The van der Waals surface area contributed by atoms with Gasteiger partial charge in [0.15, 0.2) is 23.2 Å². The Labute approximate surface area is 312 Å². The molecule has 3 heterocycles. The molecule has 1 aliphatic heterocycles. The molecule has 1 amide bonds. The molecule has 0 saturated carbocycles. The third-order valence-electron chi connectivity index (χ3n) is 9.45. The van der Waals surface area contributed by atoms with Crippen LogP contribution < -0.4 is 14.8 Å². The van der Waals surface area contributed by atoms with Crippen LogP contribution in [-0.4, -0.2) is 90.0 Å². The van der Waals surface area contributed by atoms with Gasteiger partial charge in [-0.05, 0) is 53.1 Å². The van der Waals surface area contributed by atoms with Crippen molar-refractivity contribution in [2.45, 2.75) is 30.1 Å². The molecular weight excluding hydrogens is 690 g/mol. The minimum Gasteiger partial charge on any atom is -0.497 e. The number of amides is 1. The van der Waals surface area contributed by atoms with E-state index in [1.165, 1.54) is 12.7 Å². The number of hydrogen-bond acceptors (Lipinski definition) is 11. The van der Waals surface area contributed by atoms with E-state index in [1.54, 1.807) is 50.2 Å². The van der Waals surface area contributed by atoms with Gasteiger partial charge < -0.3 is 38.8 Å². The lowest BCUT2D eigenvalue weighted by Crippen LogP contribution is -2.40. The standard InChI is InChI=1S/C41H41N5O8/c1-49-22-23-52-36-35(47)33(54-40(36)46-26-44-34-37(42-25-43-38(34)46)45-39(48)27-10-6-4-7-11-27)24-53-41(28-12-8-5-9-13-28,29-14-18-31(50-2)19-15-29)30-16-20-32(51-3)21-17-30/h4-21,25-26,33,35-36,40,47H,22-24H2,1-3H3,(H,42,43,45,48)/t33-,35?,36+,40-/m1/s1. The lowest BCUT2D eigenvalue weighted by atomic mass is 9.80. The van der Waals surface area contributed by atoms with E-state index in [1.807, 2.05) is 84.9 Å². The zero-order chi connectivity index (χ0) is 37.5. The van der Waals surface area contributed by atoms with Crippen molar-refractivity contribution in [1.29, 1.82) is 0 Å². The monoisotopic (exact) mass is 731 g/mol. The summed E-state index contributed by atoms with van der Waals surface area (Å²) in [5, 5.41) is 14.7. The molecule has 4 aromatic carbocycles. The SMILES string of the molecule is COCCO[C@H]1C(O)[C@@H](COC(c2ccccc2)(c2ccc(OC)cc2)c2ccc(OC)cc2)O[C@H]1n1cnc2c(NC(=O)c3ccccc3)ncnc21. The molecular formula is C41H41N5O8. The number of aromatic nitrogens is 4. The van der Waals surface area contributed by atoms with Crippen LogP contribution >= 0.6 is 0 Å². The average molecular weight is 732 g/mol. The third-order valence-corrected chi connectivity index (χ3v) is 9.45. The highest BCUT2D eigenvalue weighted by Gasteiger charge is 2.48. The van der Waals surface area contributed by atoms with Crippen molar-refractivity contribution in [1.82, 2.24) is 19.5 Å². The lowest BCUT2D eigenvalue weighted by Gasteiger charge is -2.37. The van der Waals surface area contributed by atoms with Crippen LogP contribution in [0.25, 0.3) is 11.2 Å². The van der Waals surface area contributed by atoms with Gasteiger partial charge in [0, 0.05) is 12.7 Å². The fourth-order valence-corrected chi connectivity index (χ4v) is 6.71. The molecule has 1 aliphatic rings. The molecule has 7 rings (SSSR count). The van der Waals surface area contributed by atoms with Crippen molar-refractivity contribution in [2.24, 2.45) is 0 Å². The maximum Gasteiger partial charge on any atom is 0.256 e. The first-order chi connectivity index (χ1) is 26.5. The van der Waals surface area contributed by atoms with Gasteiger partial charge in [-0.2, -0.15) is 0 Å². The number of ether oxygens (including phenoxy) is 6. The van der Waals surface area contributed by atoms with E-state index in [-0.39, 0.29) is 24.9 Å². The number of carbonyl (C=O) groups excluding carboxylic acids is 1. The van der Waals surface area contributed by atoms with Gasteiger partial charge in [-0.3, -0.25) is 9.36 Å². The fraction of sp³-hybridized carbons (Fsp3) is 0.268. The van der Waals surface area contributed by atoms with Crippen LogP contribution in [0.15, 0.2) is 122 Å². The molecule has 1 unspecified atom stereocenters. The Kier molecular flexibility index (Phi) is 11.2. The highest BCUT2D eigenvalue weighted by atomic mass is 16.6. The van der Waals surface area contributed by atoms with Crippen molar-refractivity contribution >= 4 is 22.9 Å². The molecule has 1 fully saturated rings. The van der Waals surface area contributed by atoms with E-state index < -0.39 is 30.1 Å². The first-order valence-corrected chi connectivity index (χ1v) is 17.4. The van der Waals surface area contributed by atoms with E-state index in [9.17, 15) is 9.90 Å². The molecule has 278 valence electrons. The van der Waals surface area contributed by atoms with E-state index >= 15 is 0 Å². The number of aliphatic hydroxyl groups is 1. The number of nitrogens with one attached hydrogen (secondary N) is 1. The Hall–Kier alpha value is -5.70. The average Bonchev–Trinajstić information content (AvgIpc) is 3.80. The summed E-state index contributed by atoms with van der Waals surface area (Å²) in [6, 6.07) is 34.1. The molecule has 54 heavy (non-hydrogen) atoms. The number of hydrogen-bond donors (Lipinski definition) is 2. The maximum absolute atomic E-state index is 13.0. The molecule has 13 heteroatoms. The van der Waals surface area contributed by atoms with E-state index in [2.05, 4.69) is 20.3 Å². The second-order valence-corrected chi connectivity index (χ2v) is 12.6. The van der Waals surface area contributed by atoms with Crippen LogP contribution in [0.3, 0.4) is 0 Å². The highest BCUT2D eigenvalue weighted by molar-refractivity contribution is 6.06. The van der Waals surface area contributed by atoms with Crippen molar-refractivity contribution < 1.29 is 38.3 Å². The molecule has 4 atom stereocenters. The Morgan fingerprint density at radius 2 is 1.41 bits per heavy atom. The summed E-state index contributed by atoms with van der Waals surface area (Å²) in [4.78, 5) is 26.3. The Balaban J connectivity index is 1.24. The van der Waals surface area contributed by atoms with Gasteiger partial charge in [0.1, 0.15) is 41.7 Å². The third kappa shape index (κ3) is 7.27. The number of benzene rings is 4. The minimum absolute atomic E-state index is 0.0469. The van der Waals surface area contributed by atoms with E-state index in [0.29, 0.717) is 34.8 Å². The van der Waals surface area contributed by atoms with Gasteiger partial charge in [-0.25, -0.2) is 15.0 Å². The topological polar surface area (TPSA) is 148 Å². The van der Waals surface area contributed by atoms with Gasteiger partial charge in [0.2, 0.25) is 0 Å². The number of fused-ring (bicyclic) bond motifs is 1. The zero-order valence-corrected chi connectivity index (χ0v) is 30.1. The minimum atomic E-state index is -1.14. The Morgan fingerprint density at radius 3 is 2.02 bits per heavy atom. The summed E-state index contributed by atoms with van der Waals surface area (Å²) in [6.07, 6.45) is -0.866. The smallest absolute Gasteiger partial charge is 0.256 e. The summed E-state index contributed by atoms with van der Waals surface area (Å²) in [5.41, 5.74) is 2.57. The van der Waals surface area contributed by atoms with E-state index in [0.717, 1.165) is 16.7 Å². The van der Waals surface area contributed by atoms with Gasteiger partial charge in [0.05, 0.1) is 40.4 Å². The normalized spacial score (nSPS) is 18.4. The van der Waals surface area contributed by atoms with Crippen LogP contribution in [0.4, 0.5) is 5.82 Å². The molecule has 0 bridgehead atoms. The molecule has 0 spiro atoms. The molecule has 13 nitrogen and oxygen atoms in total. The summed E-state index contributed by atoms with van der Waals surface area (Å²) < 4.78 is 37.8. The van der Waals surface area contributed by atoms with Crippen LogP contribution in [0, 0.1) is 0 Å². The molecule has 2 N–H and O–H groups in total. The number of rotatable bonds is 15. The van der Waals surface area contributed by atoms with E-state index in [4.69, 9.17) is 28.4 Å². The van der Waals surface area contributed by atoms with Gasteiger partial charge in [0.25, 0.3) is 5.91 Å². The van der Waals surface area contributed by atoms with Crippen molar-refractivity contribution in [2.75, 3.05) is 46.5 Å². The van der Waals surface area contributed by atoms with Crippen LogP contribution in [-0.2, 0) is 24.5 Å². The molecule has 0 radical (unpaired) electrons. The summed E-state index contributed by atoms with van der Waals surface area (Å²) in [7, 11) is 4.82. The van der Waals surface area contributed by atoms with Gasteiger partial charge in [-0.15, -0.1) is 0 Å². The zero-order valence-electron chi connectivity index (χ0n) is 30.1. The first kappa shape index (κ1) is 36.6. The summed E-state index contributed by atoms with van der Waals surface area (Å²) >= 11 is 0. The maximum atomic E-state index is 13.0. The van der Waals surface area contributed by atoms with Gasteiger partial charge in [-0.1, -0.05) is 72.8 Å². The Morgan fingerprint density at radius 1 is 0.796 bits per heavy atom. The number of imidazole rings is 1. The lowest BCUT2D eigenvalue weighted by molar-refractivity contribution is -0.0970. The van der Waals surface area contributed by atoms with Crippen LogP contribution in [0.1, 0.15) is 33.3 Å². The Bertz CT molecular complexity index is 2080. The van der Waals surface area contributed by atoms with Crippen molar-refractivity contribution in [3.8, 4) is 11.5 Å². The molecule has 0 aliphatic carbocycles. The summed E-state index contributed by atoms with van der Waals surface area (Å²) in [5.74, 6) is 1.28.